The third-order valence-corrected chi connectivity index (χ3v) is 4.66. The Bertz CT molecular complexity index is 451. The Morgan fingerprint density at radius 2 is 2.24 bits per heavy atom. The normalized spacial score (nSPS) is 29.8. The lowest BCUT2D eigenvalue weighted by molar-refractivity contribution is -0.140. The van der Waals surface area contributed by atoms with Crippen LogP contribution in [0, 0.1) is 5.92 Å². The summed E-state index contributed by atoms with van der Waals surface area (Å²) in [4.78, 5) is 15.0. The molecule has 21 heavy (non-hydrogen) atoms. The number of carbonyl (C=O) groups excluding carboxylic acids is 1. The summed E-state index contributed by atoms with van der Waals surface area (Å²) in [6.45, 7) is 4.03. The number of nitrogens with one attached hydrogen (secondary N) is 2. The molecule has 0 saturated carbocycles. The molecule has 2 fully saturated rings. The highest BCUT2D eigenvalue weighted by Gasteiger charge is 2.34. The molecule has 0 bridgehead atoms. The molecule has 0 spiro atoms. The van der Waals surface area contributed by atoms with Crippen molar-refractivity contribution in [1.29, 1.82) is 0 Å². The van der Waals surface area contributed by atoms with Crippen LogP contribution in [0.4, 0.5) is 0 Å². The number of hydrogen-bond acceptors (Lipinski definition) is 3. The Morgan fingerprint density at radius 1 is 1.38 bits per heavy atom. The number of aromatic amines is 1. The molecule has 0 aromatic carbocycles. The van der Waals surface area contributed by atoms with Crippen molar-refractivity contribution >= 4 is 18.3 Å². The van der Waals surface area contributed by atoms with Crippen molar-refractivity contribution in [2.24, 2.45) is 5.92 Å². The summed E-state index contributed by atoms with van der Waals surface area (Å²) in [5, 5.41) is 10.3. The first-order valence-corrected chi connectivity index (χ1v) is 7.78. The maximum absolute atomic E-state index is 12.9. The summed E-state index contributed by atoms with van der Waals surface area (Å²) >= 11 is 0. The van der Waals surface area contributed by atoms with Crippen molar-refractivity contribution in [1.82, 2.24) is 20.4 Å². The number of halogens is 1. The molecule has 2 aliphatic rings. The van der Waals surface area contributed by atoms with Gasteiger partial charge in [0.15, 0.2) is 0 Å². The minimum absolute atomic E-state index is 0. The zero-order chi connectivity index (χ0) is 13.9. The fourth-order valence-electron chi connectivity index (χ4n) is 3.58. The Morgan fingerprint density at radius 3 is 2.95 bits per heavy atom. The van der Waals surface area contributed by atoms with Gasteiger partial charge in [0.2, 0.25) is 5.91 Å². The van der Waals surface area contributed by atoms with Gasteiger partial charge in [0.05, 0.1) is 12.2 Å². The molecule has 2 N–H and O–H groups in total. The van der Waals surface area contributed by atoms with E-state index in [1.165, 1.54) is 6.42 Å². The van der Waals surface area contributed by atoms with Crippen molar-refractivity contribution in [3.8, 4) is 0 Å². The van der Waals surface area contributed by atoms with Crippen LogP contribution >= 0.6 is 12.4 Å². The van der Waals surface area contributed by atoms with E-state index < -0.39 is 0 Å². The monoisotopic (exact) mass is 312 g/mol. The first kappa shape index (κ1) is 16.3. The second kappa shape index (κ2) is 7.27. The SMILES string of the molecule is C[C@H]1C[C@@H](C(=O)N2CCCCC2c2cn[nH]c2)CCN1.Cl. The van der Waals surface area contributed by atoms with Gasteiger partial charge >= 0.3 is 0 Å². The lowest BCUT2D eigenvalue weighted by Crippen LogP contribution is -2.46. The fraction of sp³-hybridized carbons (Fsp3) is 0.733. The molecular weight excluding hydrogens is 288 g/mol. The molecule has 3 atom stereocenters. The number of aromatic nitrogens is 2. The van der Waals surface area contributed by atoms with Gasteiger partial charge in [0.1, 0.15) is 0 Å². The predicted octanol–water partition coefficient (Wildman–Crippen LogP) is 2.27. The van der Waals surface area contributed by atoms with Crippen LogP contribution in [0.2, 0.25) is 0 Å². The minimum atomic E-state index is 0. The Labute approximate surface area is 132 Å². The molecule has 3 heterocycles. The molecule has 1 aromatic rings. The van der Waals surface area contributed by atoms with Crippen molar-refractivity contribution in [3.63, 3.8) is 0 Å². The molecule has 118 valence electrons. The average molecular weight is 313 g/mol. The van der Waals surface area contributed by atoms with E-state index in [0.29, 0.717) is 11.9 Å². The number of nitrogens with zero attached hydrogens (tertiary/aromatic N) is 2. The highest BCUT2D eigenvalue weighted by molar-refractivity contribution is 5.85. The Hall–Kier alpha value is -1.07. The van der Waals surface area contributed by atoms with E-state index in [4.69, 9.17) is 0 Å². The number of carbonyl (C=O) groups is 1. The topological polar surface area (TPSA) is 61.0 Å². The van der Waals surface area contributed by atoms with Crippen molar-refractivity contribution < 1.29 is 4.79 Å². The van der Waals surface area contributed by atoms with Crippen LogP contribution in [-0.4, -0.2) is 40.1 Å². The number of likely N-dealkylation sites (tertiary alicyclic amines) is 1. The summed E-state index contributed by atoms with van der Waals surface area (Å²) in [5.41, 5.74) is 1.15. The second-order valence-electron chi connectivity index (χ2n) is 6.15. The van der Waals surface area contributed by atoms with Gasteiger partial charge in [0.25, 0.3) is 0 Å². The van der Waals surface area contributed by atoms with E-state index in [1.54, 1.807) is 0 Å². The van der Waals surface area contributed by atoms with E-state index in [1.807, 2.05) is 12.4 Å². The molecule has 5 nitrogen and oxygen atoms in total. The van der Waals surface area contributed by atoms with E-state index in [9.17, 15) is 4.79 Å². The van der Waals surface area contributed by atoms with Gasteiger partial charge in [-0.15, -0.1) is 12.4 Å². The largest absolute Gasteiger partial charge is 0.335 e. The molecule has 1 amide bonds. The lowest BCUT2D eigenvalue weighted by atomic mass is 9.89. The molecule has 1 aromatic heterocycles. The van der Waals surface area contributed by atoms with Crippen molar-refractivity contribution in [3.05, 3.63) is 18.0 Å². The first-order valence-electron chi connectivity index (χ1n) is 7.78. The van der Waals surface area contributed by atoms with Gasteiger partial charge in [0, 0.05) is 30.3 Å². The molecule has 2 aliphatic heterocycles. The van der Waals surface area contributed by atoms with Crippen LogP contribution in [0.3, 0.4) is 0 Å². The van der Waals surface area contributed by atoms with Crippen LogP contribution < -0.4 is 5.32 Å². The first-order chi connectivity index (χ1) is 9.75. The fourth-order valence-corrected chi connectivity index (χ4v) is 3.58. The van der Waals surface area contributed by atoms with E-state index in [0.717, 1.165) is 44.3 Å². The van der Waals surface area contributed by atoms with Crippen LogP contribution in [0.15, 0.2) is 12.4 Å². The molecule has 0 radical (unpaired) electrons. The number of amides is 1. The summed E-state index contributed by atoms with van der Waals surface area (Å²) in [6.07, 6.45) is 9.11. The summed E-state index contributed by atoms with van der Waals surface area (Å²) in [6, 6.07) is 0.676. The van der Waals surface area contributed by atoms with Gasteiger partial charge in [-0.2, -0.15) is 5.10 Å². The van der Waals surface area contributed by atoms with Crippen molar-refractivity contribution in [2.45, 2.75) is 51.1 Å². The molecule has 2 saturated heterocycles. The van der Waals surface area contributed by atoms with E-state index in [-0.39, 0.29) is 24.4 Å². The highest BCUT2D eigenvalue weighted by atomic mass is 35.5. The number of hydrogen-bond donors (Lipinski definition) is 2. The van der Waals surface area contributed by atoms with Crippen LogP contribution in [-0.2, 0) is 4.79 Å². The van der Waals surface area contributed by atoms with Crippen molar-refractivity contribution in [2.75, 3.05) is 13.1 Å². The number of piperidine rings is 2. The van der Waals surface area contributed by atoms with Crippen LogP contribution in [0.25, 0.3) is 0 Å². The Kier molecular flexibility index (Phi) is 5.65. The van der Waals surface area contributed by atoms with Gasteiger partial charge in [-0.25, -0.2) is 0 Å². The van der Waals surface area contributed by atoms with E-state index >= 15 is 0 Å². The van der Waals surface area contributed by atoms with Gasteiger partial charge in [-0.1, -0.05) is 0 Å². The third-order valence-electron chi connectivity index (χ3n) is 4.66. The van der Waals surface area contributed by atoms with E-state index in [2.05, 4.69) is 27.3 Å². The minimum Gasteiger partial charge on any atom is -0.335 e. The van der Waals surface area contributed by atoms with Gasteiger partial charge in [-0.05, 0) is 45.6 Å². The molecule has 0 aliphatic carbocycles. The second-order valence-corrected chi connectivity index (χ2v) is 6.15. The van der Waals surface area contributed by atoms with Crippen LogP contribution in [0.1, 0.15) is 50.6 Å². The van der Waals surface area contributed by atoms with Crippen LogP contribution in [0.5, 0.6) is 0 Å². The summed E-state index contributed by atoms with van der Waals surface area (Å²) in [7, 11) is 0. The number of rotatable bonds is 2. The zero-order valence-corrected chi connectivity index (χ0v) is 13.4. The average Bonchev–Trinajstić information content (AvgIpc) is 3.00. The quantitative estimate of drug-likeness (QED) is 0.880. The van der Waals surface area contributed by atoms with Gasteiger partial charge in [-0.3, -0.25) is 9.89 Å². The Balaban J connectivity index is 0.00000161. The number of H-pyrrole nitrogens is 1. The highest BCUT2D eigenvalue weighted by Crippen LogP contribution is 2.33. The predicted molar refractivity (Wildman–Crippen MR) is 84.3 cm³/mol. The molecule has 6 heteroatoms. The summed E-state index contributed by atoms with van der Waals surface area (Å²) in [5.74, 6) is 0.544. The van der Waals surface area contributed by atoms with Gasteiger partial charge < -0.3 is 10.2 Å². The molecule has 3 rings (SSSR count). The summed E-state index contributed by atoms with van der Waals surface area (Å²) < 4.78 is 0. The maximum Gasteiger partial charge on any atom is 0.226 e. The molecule has 1 unspecified atom stereocenters. The molecular formula is C15H25ClN4O. The lowest BCUT2D eigenvalue weighted by Gasteiger charge is -2.39. The smallest absolute Gasteiger partial charge is 0.226 e. The maximum atomic E-state index is 12.9. The zero-order valence-electron chi connectivity index (χ0n) is 12.5. The third kappa shape index (κ3) is 3.58. The standard InChI is InChI=1S/C15H24N4O.ClH/c1-11-8-12(5-6-16-11)15(20)19-7-3-2-4-14(19)13-9-17-18-10-13;/h9-12,14,16H,2-8H2,1H3,(H,17,18);1H/t11-,12-,14?;/m0./s1.